The molecule has 0 aliphatic carbocycles. The third-order valence-electron chi connectivity index (χ3n) is 2.35. The van der Waals surface area contributed by atoms with Gasteiger partial charge in [0.25, 0.3) is 11.8 Å². The minimum Gasteiger partial charge on any atom is -0.382 e. The Balaban J connectivity index is 1.83. The summed E-state index contributed by atoms with van der Waals surface area (Å²) in [6.07, 6.45) is 2.34. The SMILES string of the molecule is NC(=O)C1CC(CNC(=O)c2ccnnc2)=NO1. The number of oxime groups is 1. The van der Waals surface area contributed by atoms with E-state index in [9.17, 15) is 9.59 Å². The van der Waals surface area contributed by atoms with Crippen molar-refractivity contribution in [2.45, 2.75) is 12.5 Å². The van der Waals surface area contributed by atoms with Gasteiger partial charge in [0.2, 0.25) is 6.10 Å². The van der Waals surface area contributed by atoms with Crippen LogP contribution in [0.25, 0.3) is 0 Å². The highest BCUT2D eigenvalue weighted by molar-refractivity contribution is 5.99. The topological polar surface area (TPSA) is 120 Å². The predicted molar refractivity (Wildman–Crippen MR) is 60.5 cm³/mol. The molecule has 0 saturated carbocycles. The number of nitrogens with zero attached hydrogens (tertiary/aromatic N) is 3. The second-order valence-electron chi connectivity index (χ2n) is 3.67. The lowest BCUT2D eigenvalue weighted by atomic mass is 10.1. The lowest BCUT2D eigenvalue weighted by Gasteiger charge is -2.03. The van der Waals surface area contributed by atoms with Crippen molar-refractivity contribution in [1.82, 2.24) is 15.5 Å². The molecule has 0 bridgehead atoms. The number of amides is 2. The van der Waals surface area contributed by atoms with Crippen molar-refractivity contribution in [3.63, 3.8) is 0 Å². The fourth-order valence-electron chi connectivity index (χ4n) is 1.39. The van der Waals surface area contributed by atoms with Crippen molar-refractivity contribution in [1.29, 1.82) is 0 Å². The lowest BCUT2D eigenvalue weighted by Crippen LogP contribution is -2.32. The van der Waals surface area contributed by atoms with Gasteiger partial charge < -0.3 is 15.9 Å². The van der Waals surface area contributed by atoms with Crippen LogP contribution in [0.3, 0.4) is 0 Å². The van der Waals surface area contributed by atoms with Gasteiger partial charge in [0.1, 0.15) is 0 Å². The summed E-state index contributed by atoms with van der Waals surface area (Å²) in [5.74, 6) is -0.867. The van der Waals surface area contributed by atoms with Crippen LogP contribution < -0.4 is 11.1 Å². The molecule has 0 spiro atoms. The van der Waals surface area contributed by atoms with Crippen LogP contribution in [-0.2, 0) is 9.63 Å². The Kier molecular flexibility index (Phi) is 3.46. The van der Waals surface area contributed by atoms with Crippen LogP contribution >= 0.6 is 0 Å². The zero-order valence-corrected chi connectivity index (χ0v) is 9.37. The van der Waals surface area contributed by atoms with Gasteiger partial charge in [-0.1, -0.05) is 5.16 Å². The maximum Gasteiger partial charge on any atom is 0.261 e. The Hall–Kier alpha value is -2.51. The molecular formula is C10H11N5O3. The molecule has 0 radical (unpaired) electrons. The molecule has 8 heteroatoms. The first kappa shape index (κ1) is 12.0. The molecule has 3 N–H and O–H groups in total. The van der Waals surface area contributed by atoms with E-state index in [1.165, 1.54) is 12.4 Å². The second-order valence-corrected chi connectivity index (χ2v) is 3.67. The Morgan fingerprint density at radius 3 is 2.94 bits per heavy atom. The molecule has 0 aromatic carbocycles. The largest absolute Gasteiger partial charge is 0.382 e. The highest BCUT2D eigenvalue weighted by Gasteiger charge is 2.25. The molecule has 1 aliphatic rings. The molecular weight excluding hydrogens is 238 g/mol. The van der Waals surface area contributed by atoms with Crippen LogP contribution in [0.4, 0.5) is 0 Å². The Labute approximate surface area is 102 Å². The summed E-state index contributed by atoms with van der Waals surface area (Å²) in [6.45, 7) is 0.199. The molecule has 2 rings (SSSR count). The number of carbonyl (C=O) groups is 2. The van der Waals surface area contributed by atoms with E-state index in [-0.39, 0.29) is 12.5 Å². The molecule has 1 aromatic rings. The molecule has 1 unspecified atom stereocenters. The smallest absolute Gasteiger partial charge is 0.261 e. The monoisotopic (exact) mass is 249 g/mol. The predicted octanol–water partition coefficient (Wildman–Crippen LogP) is -1.16. The summed E-state index contributed by atoms with van der Waals surface area (Å²) in [4.78, 5) is 27.3. The number of aromatic nitrogens is 2. The molecule has 1 atom stereocenters. The zero-order valence-electron chi connectivity index (χ0n) is 9.37. The van der Waals surface area contributed by atoms with Crippen LogP contribution in [-0.4, -0.2) is 40.4 Å². The lowest BCUT2D eigenvalue weighted by molar-refractivity contribution is -0.127. The Morgan fingerprint density at radius 1 is 1.50 bits per heavy atom. The highest BCUT2D eigenvalue weighted by Crippen LogP contribution is 2.09. The fourth-order valence-corrected chi connectivity index (χ4v) is 1.39. The van der Waals surface area contributed by atoms with Gasteiger partial charge in [0.15, 0.2) is 0 Å². The van der Waals surface area contributed by atoms with Crippen LogP contribution in [0, 0.1) is 0 Å². The van der Waals surface area contributed by atoms with Gasteiger partial charge in [-0.3, -0.25) is 9.59 Å². The van der Waals surface area contributed by atoms with Crippen LogP contribution in [0.15, 0.2) is 23.6 Å². The number of carbonyl (C=O) groups excluding carboxylic acids is 2. The van der Waals surface area contributed by atoms with Gasteiger partial charge >= 0.3 is 0 Å². The summed E-state index contributed by atoms with van der Waals surface area (Å²) >= 11 is 0. The quantitative estimate of drug-likeness (QED) is 0.697. The standard InChI is InChI=1S/C10H11N5O3/c11-9(16)8-3-7(15-18-8)5-12-10(17)6-1-2-13-14-4-6/h1-2,4,8H,3,5H2,(H2,11,16)(H,12,17). The van der Waals surface area contributed by atoms with Gasteiger partial charge in [0, 0.05) is 6.42 Å². The van der Waals surface area contributed by atoms with Crippen LogP contribution in [0.2, 0.25) is 0 Å². The molecule has 2 heterocycles. The van der Waals surface area contributed by atoms with E-state index in [2.05, 4.69) is 20.7 Å². The van der Waals surface area contributed by atoms with E-state index in [0.717, 1.165) is 0 Å². The number of nitrogens with two attached hydrogens (primary N) is 1. The first-order chi connectivity index (χ1) is 8.66. The van der Waals surface area contributed by atoms with Crippen molar-refractivity contribution in [2.24, 2.45) is 10.9 Å². The van der Waals surface area contributed by atoms with E-state index in [1.807, 2.05) is 0 Å². The minimum atomic E-state index is -0.737. The third-order valence-corrected chi connectivity index (χ3v) is 2.35. The van der Waals surface area contributed by atoms with Crippen molar-refractivity contribution in [3.8, 4) is 0 Å². The van der Waals surface area contributed by atoms with E-state index < -0.39 is 12.0 Å². The van der Waals surface area contributed by atoms with Crippen molar-refractivity contribution in [2.75, 3.05) is 6.54 Å². The first-order valence-corrected chi connectivity index (χ1v) is 5.22. The minimum absolute atomic E-state index is 0.199. The molecule has 18 heavy (non-hydrogen) atoms. The van der Waals surface area contributed by atoms with Gasteiger partial charge in [-0.25, -0.2) is 0 Å². The first-order valence-electron chi connectivity index (χ1n) is 5.22. The Morgan fingerprint density at radius 2 is 2.33 bits per heavy atom. The second kappa shape index (κ2) is 5.21. The van der Waals surface area contributed by atoms with Crippen molar-refractivity contribution < 1.29 is 14.4 Å². The van der Waals surface area contributed by atoms with Crippen LogP contribution in [0.5, 0.6) is 0 Å². The van der Waals surface area contributed by atoms with Gasteiger partial charge in [-0.05, 0) is 6.07 Å². The van der Waals surface area contributed by atoms with Crippen LogP contribution in [0.1, 0.15) is 16.8 Å². The summed E-state index contributed by atoms with van der Waals surface area (Å²) in [6, 6.07) is 1.54. The molecule has 8 nitrogen and oxygen atoms in total. The summed E-state index contributed by atoms with van der Waals surface area (Å²) < 4.78 is 0. The summed E-state index contributed by atoms with van der Waals surface area (Å²) in [5, 5.41) is 13.5. The third kappa shape index (κ3) is 2.78. The Bertz CT molecular complexity index is 488. The number of hydrogen-bond acceptors (Lipinski definition) is 6. The average Bonchev–Trinajstić information content (AvgIpc) is 2.86. The average molecular weight is 249 g/mol. The summed E-state index contributed by atoms with van der Waals surface area (Å²) in [5.41, 5.74) is 6.03. The highest BCUT2D eigenvalue weighted by atomic mass is 16.6. The van der Waals surface area contributed by atoms with E-state index >= 15 is 0 Å². The van der Waals surface area contributed by atoms with E-state index in [0.29, 0.717) is 17.7 Å². The number of primary amides is 1. The number of hydrogen-bond donors (Lipinski definition) is 2. The molecule has 0 saturated heterocycles. The van der Waals surface area contributed by atoms with E-state index in [4.69, 9.17) is 10.6 Å². The molecule has 2 amide bonds. The molecule has 94 valence electrons. The van der Waals surface area contributed by atoms with Crippen molar-refractivity contribution >= 4 is 17.5 Å². The van der Waals surface area contributed by atoms with Gasteiger partial charge in [-0.15, -0.1) is 0 Å². The molecule has 1 aromatic heterocycles. The molecule has 1 aliphatic heterocycles. The summed E-state index contributed by atoms with van der Waals surface area (Å²) in [7, 11) is 0. The number of nitrogens with one attached hydrogen (secondary N) is 1. The number of rotatable bonds is 4. The maximum absolute atomic E-state index is 11.7. The normalized spacial score (nSPS) is 17.8. The molecule has 0 fully saturated rings. The zero-order chi connectivity index (χ0) is 13.0. The van der Waals surface area contributed by atoms with Gasteiger partial charge in [-0.2, -0.15) is 10.2 Å². The maximum atomic E-state index is 11.7. The van der Waals surface area contributed by atoms with Crippen molar-refractivity contribution in [3.05, 3.63) is 24.0 Å². The van der Waals surface area contributed by atoms with E-state index in [1.54, 1.807) is 6.07 Å². The fraction of sp³-hybridized carbons (Fsp3) is 0.300. The van der Waals surface area contributed by atoms with Gasteiger partial charge in [0.05, 0.1) is 30.2 Å².